The van der Waals surface area contributed by atoms with Crippen molar-refractivity contribution in [1.29, 1.82) is 0 Å². The average molecular weight is 417 g/mol. The number of rotatable bonds is 1. The highest BCUT2D eigenvalue weighted by Crippen LogP contribution is 2.47. The molecule has 0 aromatic carbocycles. The van der Waals surface area contributed by atoms with Gasteiger partial charge in [0.1, 0.15) is 0 Å². The van der Waals surface area contributed by atoms with Gasteiger partial charge in [0.05, 0.1) is 0 Å². The monoisotopic (exact) mass is 416 g/mol. The Kier molecular flexibility index (Phi) is 3.26. The van der Waals surface area contributed by atoms with Crippen molar-refractivity contribution in [2.24, 2.45) is 0 Å². The molecule has 0 radical (unpaired) electrons. The summed E-state index contributed by atoms with van der Waals surface area (Å²) in [5.74, 6) is 0. The van der Waals surface area contributed by atoms with E-state index in [-0.39, 0.29) is 0 Å². The maximum atomic E-state index is 6.33. The van der Waals surface area contributed by atoms with Crippen LogP contribution in [0.1, 0.15) is 6.92 Å². The molecular formula is C7H20O9Si6. The predicted molar refractivity (Wildman–Crippen MR) is 84.1 cm³/mol. The van der Waals surface area contributed by atoms with Crippen molar-refractivity contribution >= 4 is 52.8 Å². The predicted octanol–water partition coefficient (Wildman–Crippen LogP) is 0.992. The van der Waals surface area contributed by atoms with Crippen LogP contribution in [0.4, 0.5) is 0 Å². The minimum Gasteiger partial charge on any atom is -0.374 e. The summed E-state index contributed by atoms with van der Waals surface area (Å²) in [6, 6.07) is 0.584. The molecule has 4 atom stereocenters. The van der Waals surface area contributed by atoms with Crippen LogP contribution in [0.15, 0.2) is 0 Å². The van der Waals surface area contributed by atoms with E-state index in [1.54, 1.807) is 0 Å². The van der Waals surface area contributed by atoms with Crippen molar-refractivity contribution in [3.63, 3.8) is 0 Å². The Hall–Kier alpha value is 0.941. The van der Waals surface area contributed by atoms with Gasteiger partial charge in [0, 0.05) is 38.8 Å². The summed E-state index contributed by atoms with van der Waals surface area (Å²) in [6.07, 6.45) is 0. The molecule has 5 rings (SSSR count). The summed E-state index contributed by atoms with van der Waals surface area (Å²) in [5.41, 5.74) is 0. The van der Waals surface area contributed by atoms with Crippen LogP contribution < -0.4 is 0 Å². The maximum Gasteiger partial charge on any atom is 0.478 e. The molecule has 5 fully saturated rings. The van der Waals surface area contributed by atoms with Crippen molar-refractivity contribution in [2.75, 3.05) is 0 Å². The summed E-state index contributed by atoms with van der Waals surface area (Å²) in [4.78, 5) is 0. The highest BCUT2D eigenvalue weighted by molar-refractivity contribution is 7.01. The molecule has 126 valence electrons. The molecule has 9 nitrogen and oxygen atoms in total. The van der Waals surface area contributed by atoms with Gasteiger partial charge in [-0.3, -0.25) is 0 Å². The standard InChI is InChI=1S/C7H20O9Si6/c1-7-22-14-19(4)9-17(2)8-18(3,10-19)12-21(6,16-22)13-20(5,11-17)15-22/h7H2,1-6H3. The first-order valence-electron chi connectivity index (χ1n) is 7.23. The van der Waals surface area contributed by atoms with E-state index in [1.807, 2.05) is 39.7 Å². The topological polar surface area (TPSA) is 83.1 Å². The Morgan fingerprint density at radius 2 is 0.682 bits per heavy atom. The van der Waals surface area contributed by atoms with Crippen LogP contribution in [0, 0.1) is 0 Å². The van der Waals surface area contributed by atoms with Gasteiger partial charge < -0.3 is 37.0 Å². The fraction of sp³-hybridized carbons (Fsp3) is 1.00. The van der Waals surface area contributed by atoms with Crippen LogP contribution in [-0.2, 0) is 37.0 Å². The third kappa shape index (κ3) is 2.48. The molecule has 5 saturated heterocycles. The van der Waals surface area contributed by atoms with E-state index in [9.17, 15) is 0 Å². The summed E-state index contributed by atoms with van der Waals surface area (Å²) in [6.45, 7) is 11.1. The Morgan fingerprint density at radius 1 is 0.455 bits per heavy atom. The largest absolute Gasteiger partial charge is 0.478 e. The second kappa shape index (κ2) is 4.37. The first-order chi connectivity index (χ1) is 9.92. The first-order valence-corrected chi connectivity index (χ1v) is 20.3. The Bertz CT molecular complexity index is 501. The normalized spacial score (nSPS) is 63.5. The van der Waals surface area contributed by atoms with E-state index in [0.29, 0.717) is 6.04 Å². The zero-order valence-electron chi connectivity index (χ0n) is 13.4. The molecule has 0 spiro atoms. The molecule has 0 N–H and O–H groups in total. The summed E-state index contributed by atoms with van der Waals surface area (Å²) >= 11 is 0. The SMILES string of the molecule is CC[Si]12O[Si]3(C)O[Si]4(C)O[Si](C)(O3)O[Si](C)(O[Si](C)(O4)O1)O2. The maximum absolute atomic E-state index is 6.33. The van der Waals surface area contributed by atoms with Crippen molar-refractivity contribution < 1.29 is 37.0 Å². The lowest BCUT2D eigenvalue weighted by atomic mass is 11.0. The molecule has 0 saturated carbocycles. The lowest BCUT2D eigenvalue weighted by molar-refractivity contribution is -0.0207. The molecule has 4 unspecified atom stereocenters. The zero-order valence-corrected chi connectivity index (χ0v) is 19.4. The molecule has 6 bridgehead atoms. The molecule has 0 amide bonds. The molecule has 15 heteroatoms. The van der Waals surface area contributed by atoms with Gasteiger partial charge >= 0.3 is 52.8 Å². The Labute approximate surface area is 135 Å². The molecule has 5 heterocycles. The van der Waals surface area contributed by atoms with Crippen LogP contribution in [0.5, 0.6) is 0 Å². The lowest BCUT2D eigenvalue weighted by Gasteiger charge is -2.60. The number of hydrogen-bond acceptors (Lipinski definition) is 9. The van der Waals surface area contributed by atoms with Gasteiger partial charge in [-0.1, -0.05) is 6.92 Å². The molecule has 0 aromatic rings. The molecule has 5 aliphatic heterocycles. The fourth-order valence-electron chi connectivity index (χ4n) is 3.46. The second-order valence-electron chi connectivity index (χ2n) is 6.27. The van der Waals surface area contributed by atoms with E-state index < -0.39 is 52.8 Å². The Morgan fingerprint density at radius 3 is 0.909 bits per heavy atom. The third-order valence-electron chi connectivity index (χ3n) is 3.68. The minimum absolute atomic E-state index is 0.584. The number of hydrogen-bond donors (Lipinski definition) is 0. The van der Waals surface area contributed by atoms with Crippen LogP contribution in [0.2, 0.25) is 38.8 Å². The fourth-order valence-corrected chi connectivity index (χ4v) is 37.9. The van der Waals surface area contributed by atoms with Crippen molar-refractivity contribution in [3.8, 4) is 0 Å². The quantitative estimate of drug-likeness (QED) is 0.581. The zero-order chi connectivity index (χ0) is 16.1. The van der Waals surface area contributed by atoms with E-state index >= 15 is 0 Å². The van der Waals surface area contributed by atoms with Crippen molar-refractivity contribution in [1.82, 2.24) is 0 Å². The van der Waals surface area contributed by atoms with Gasteiger partial charge in [0.2, 0.25) is 0 Å². The van der Waals surface area contributed by atoms with E-state index in [0.717, 1.165) is 0 Å². The summed E-state index contributed by atoms with van der Waals surface area (Å²) < 4.78 is 55.6. The van der Waals surface area contributed by atoms with E-state index in [1.165, 1.54) is 0 Å². The van der Waals surface area contributed by atoms with Crippen LogP contribution in [-0.4, -0.2) is 52.8 Å². The van der Waals surface area contributed by atoms with Crippen LogP contribution in [0.25, 0.3) is 0 Å². The van der Waals surface area contributed by atoms with E-state index in [4.69, 9.17) is 37.0 Å². The smallest absolute Gasteiger partial charge is 0.374 e. The molecule has 0 aromatic heterocycles. The summed E-state index contributed by atoms with van der Waals surface area (Å²) in [5, 5.41) is 0. The van der Waals surface area contributed by atoms with Gasteiger partial charge in [-0.05, 0) is 0 Å². The van der Waals surface area contributed by atoms with Gasteiger partial charge in [0.15, 0.2) is 0 Å². The van der Waals surface area contributed by atoms with E-state index in [2.05, 4.69) is 0 Å². The van der Waals surface area contributed by atoms with Gasteiger partial charge in [-0.2, -0.15) is 0 Å². The molecule has 5 aliphatic rings. The van der Waals surface area contributed by atoms with Crippen LogP contribution >= 0.6 is 0 Å². The van der Waals surface area contributed by atoms with Gasteiger partial charge in [0.25, 0.3) is 0 Å². The Balaban J connectivity index is 1.91. The first kappa shape index (κ1) is 16.4. The molecular weight excluding hydrogens is 397 g/mol. The van der Waals surface area contributed by atoms with Gasteiger partial charge in [-0.15, -0.1) is 0 Å². The molecule has 22 heavy (non-hydrogen) atoms. The highest BCUT2D eigenvalue weighted by Gasteiger charge is 2.78. The minimum atomic E-state index is -3.03. The van der Waals surface area contributed by atoms with Crippen molar-refractivity contribution in [3.05, 3.63) is 0 Å². The third-order valence-corrected chi connectivity index (χ3v) is 30.5. The lowest BCUT2D eigenvalue weighted by Crippen LogP contribution is -2.86. The summed E-state index contributed by atoms with van der Waals surface area (Å²) in [7, 11) is -18.2. The molecule has 0 aliphatic carbocycles. The van der Waals surface area contributed by atoms with Gasteiger partial charge in [-0.25, -0.2) is 0 Å². The highest BCUT2D eigenvalue weighted by atomic mass is 28.6. The second-order valence-corrected chi connectivity index (χ2v) is 24.3. The van der Waals surface area contributed by atoms with Crippen LogP contribution in [0.3, 0.4) is 0 Å². The average Bonchev–Trinajstić information content (AvgIpc) is 2.18. The van der Waals surface area contributed by atoms with Crippen molar-refractivity contribution in [2.45, 2.75) is 45.7 Å².